The van der Waals surface area contributed by atoms with Crippen LogP contribution in [0, 0.1) is 0 Å². The Labute approximate surface area is 149 Å². The number of anilines is 1. The summed E-state index contributed by atoms with van der Waals surface area (Å²) < 4.78 is 5.81. The van der Waals surface area contributed by atoms with Crippen LogP contribution in [0.4, 0.5) is 5.69 Å². The molecule has 0 spiro atoms. The van der Waals surface area contributed by atoms with Crippen molar-refractivity contribution >= 4 is 5.69 Å². The molecule has 3 rings (SSSR count). The van der Waals surface area contributed by atoms with Crippen LogP contribution in [0.15, 0.2) is 84.9 Å². The fourth-order valence-corrected chi connectivity index (χ4v) is 2.63. The first-order chi connectivity index (χ1) is 12.3. The van der Waals surface area contributed by atoms with Crippen molar-refractivity contribution in [2.75, 3.05) is 25.5 Å². The average molecular weight is 332 g/mol. The first-order valence-electron chi connectivity index (χ1n) is 8.59. The van der Waals surface area contributed by atoms with Gasteiger partial charge < -0.3 is 15.0 Å². The highest BCUT2D eigenvalue weighted by Crippen LogP contribution is 2.22. The summed E-state index contributed by atoms with van der Waals surface area (Å²) in [7, 11) is 2.14. The van der Waals surface area contributed by atoms with Gasteiger partial charge in [0.05, 0.1) is 0 Å². The van der Waals surface area contributed by atoms with Gasteiger partial charge in [0.25, 0.3) is 0 Å². The van der Waals surface area contributed by atoms with Crippen LogP contribution in [-0.2, 0) is 6.54 Å². The van der Waals surface area contributed by atoms with E-state index in [0.717, 1.165) is 36.8 Å². The van der Waals surface area contributed by atoms with Gasteiger partial charge in [-0.2, -0.15) is 0 Å². The number of nitrogens with zero attached hydrogens (tertiary/aromatic N) is 1. The van der Waals surface area contributed by atoms with E-state index in [2.05, 4.69) is 59.7 Å². The molecule has 0 aromatic heterocycles. The fourth-order valence-electron chi connectivity index (χ4n) is 2.63. The third-order valence-corrected chi connectivity index (χ3v) is 3.95. The number of rotatable bonds is 8. The third kappa shape index (κ3) is 5.66. The Morgan fingerprint density at radius 2 is 1.36 bits per heavy atom. The largest absolute Gasteiger partial charge is 0.457 e. The van der Waals surface area contributed by atoms with Crippen LogP contribution < -0.4 is 10.1 Å². The smallest absolute Gasteiger partial charge is 0.127 e. The number of likely N-dealkylation sites (N-methyl/N-ethyl adjacent to an activating group) is 1. The molecule has 3 aromatic carbocycles. The highest BCUT2D eigenvalue weighted by molar-refractivity contribution is 5.47. The second-order valence-electron chi connectivity index (χ2n) is 6.09. The van der Waals surface area contributed by atoms with Crippen LogP contribution in [0.3, 0.4) is 0 Å². The molecule has 0 aliphatic heterocycles. The van der Waals surface area contributed by atoms with Gasteiger partial charge in [-0.1, -0.05) is 48.5 Å². The van der Waals surface area contributed by atoms with Crippen LogP contribution in [0.1, 0.15) is 5.56 Å². The Balaban J connectivity index is 1.42. The van der Waals surface area contributed by atoms with E-state index in [9.17, 15) is 0 Å². The summed E-state index contributed by atoms with van der Waals surface area (Å²) in [6, 6.07) is 28.4. The lowest BCUT2D eigenvalue weighted by atomic mass is 10.2. The SMILES string of the molecule is CN(CCNc1ccc(Oc2ccccc2)cc1)Cc1ccccc1. The minimum atomic E-state index is 0.845. The molecule has 0 radical (unpaired) electrons. The van der Waals surface area contributed by atoms with Gasteiger partial charge in [-0.15, -0.1) is 0 Å². The van der Waals surface area contributed by atoms with E-state index < -0.39 is 0 Å². The maximum atomic E-state index is 5.81. The zero-order chi connectivity index (χ0) is 17.3. The van der Waals surface area contributed by atoms with Crippen molar-refractivity contribution in [2.24, 2.45) is 0 Å². The summed E-state index contributed by atoms with van der Waals surface area (Å²) in [5, 5.41) is 3.46. The molecule has 1 N–H and O–H groups in total. The average Bonchev–Trinajstić information content (AvgIpc) is 2.65. The van der Waals surface area contributed by atoms with Crippen molar-refractivity contribution in [3.63, 3.8) is 0 Å². The molecule has 0 saturated heterocycles. The number of ether oxygens (including phenoxy) is 1. The molecule has 3 aromatic rings. The molecule has 0 atom stereocenters. The Morgan fingerprint density at radius 1 is 0.760 bits per heavy atom. The van der Waals surface area contributed by atoms with E-state index in [1.54, 1.807) is 0 Å². The molecule has 0 aliphatic rings. The van der Waals surface area contributed by atoms with Crippen LogP contribution >= 0.6 is 0 Å². The fraction of sp³-hybridized carbons (Fsp3) is 0.182. The number of benzene rings is 3. The lowest BCUT2D eigenvalue weighted by molar-refractivity contribution is 0.340. The summed E-state index contributed by atoms with van der Waals surface area (Å²) in [6.45, 7) is 2.85. The van der Waals surface area contributed by atoms with E-state index in [0.29, 0.717) is 0 Å². The molecule has 3 nitrogen and oxygen atoms in total. The van der Waals surface area contributed by atoms with E-state index in [1.165, 1.54) is 5.56 Å². The maximum absolute atomic E-state index is 5.81. The molecule has 0 heterocycles. The Kier molecular flexibility index (Phi) is 6.07. The van der Waals surface area contributed by atoms with Crippen molar-refractivity contribution in [2.45, 2.75) is 6.54 Å². The predicted molar refractivity (Wildman–Crippen MR) is 104 cm³/mol. The summed E-state index contributed by atoms with van der Waals surface area (Å²) in [5.74, 6) is 1.70. The predicted octanol–water partition coefficient (Wildman–Crippen LogP) is 5.02. The van der Waals surface area contributed by atoms with Gasteiger partial charge in [0.1, 0.15) is 11.5 Å². The standard InChI is InChI=1S/C22H24N2O/c1-24(18-19-8-4-2-5-9-19)17-16-23-20-12-14-22(15-13-20)25-21-10-6-3-7-11-21/h2-15,23H,16-18H2,1H3. The lowest BCUT2D eigenvalue weighted by Crippen LogP contribution is -2.24. The zero-order valence-electron chi connectivity index (χ0n) is 14.6. The monoisotopic (exact) mass is 332 g/mol. The van der Waals surface area contributed by atoms with Crippen molar-refractivity contribution in [3.8, 4) is 11.5 Å². The molecular formula is C22H24N2O. The first kappa shape index (κ1) is 17.1. The van der Waals surface area contributed by atoms with E-state index in [1.807, 2.05) is 42.5 Å². The van der Waals surface area contributed by atoms with E-state index >= 15 is 0 Å². The molecule has 0 bridgehead atoms. The second kappa shape index (κ2) is 8.90. The lowest BCUT2D eigenvalue weighted by Gasteiger charge is -2.17. The molecule has 25 heavy (non-hydrogen) atoms. The Hall–Kier alpha value is -2.78. The number of nitrogens with one attached hydrogen (secondary N) is 1. The summed E-state index contributed by atoms with van der Waals surface area (Å²) >= 11 is 0. The summed E-state index contributed by atoms with van der Waals surface area (Å²) in [5.41, 5.74) is 2.45. The molecule has 0 saturated carbocycles. The maximum Gasteiger partial charge on any atom is 0.127 e. The first-order valence-corrected chi connectivity index (χ1v) is 8.59. The molecule has 128 valence electrons. The molecule has 0 aliphatic carbocycles. The van der Waals surface area contributed by atoms with Crippen molar-refractivity contribution < 1.29 is 4.74 Å². The molecule has 0 fully saturated rings. The Bertz CT molecular complexity index is 742. The number of hydrogen-bond donors (Lipinski definition) is 1. The number of hydrogen-bond acceptors (Lipinski definition) is 3. The summed E-state index contributed by atoms with van der Waals surface area (Å²) in [4.78, 5) is 2.31. The molecular weight excluding hydrogens is 308 g/mol. The summed E-state index contributed by atoms with van der Waals surface area (Å²) in [6.07, 6.45) is 0. The van der Waals surface area contributed by atoms with Gasteiger partial charge in [0.2, 0.25) is 0 Å². The quantitative estimate of drug-likeness (QED) is 0.626. The third-order valence-electron chi connectivity index (χ3n) is 3.95. The van der Waals surface area contributed by atoms with Crippen molar-refractivity contribution in [1.82, 2.24) is 4.90 Å². The van der Waals surface area contributed by atoms with Gasteiger partial charge in [0.15, 0.2) is 0 Å². The minimum Gasteiger partial charge on any atom is -0.457 e. The van der Waals surface area contributed by atoms with Crippen LogP contribution in [0.5, 0.6) is 11.5 Å². The minimum absolute atomic E-state index is 0.845. The van der Waals surface area contributed by atoms with Crippen molar-refractivity contribution in [1.29, 1.82) is 0 Å². The van der Waals surface area contributed by atoms with Crippen LogP contribution in [0.2, 0.25) is 0 Å². The van der Waals surface area contributed by atoms with Gasteiger partial charge >= 0.3 is 0 Å². The number of para-hydroxylation sites is 1. The van der Waals surface area contributed by atoms with Crippen LogP contribution in [-0.4, -0.2) is 25.0 Å². The van der Waals surface area contributed by atoms with Crippen LogP contribution in [0.25, 0.3) is 0 Å². The van der Waals surface area contributed by atoms with Crippen molar-refractivity contribution in [3.05, 3.63) is 90.5 Å². The highest BCUT2D eigenvalue weighted by atomic mass is 16.5. The normalized spacial score (nSPS) is 10.6. The second-order valence-corrected chi connectivity index (χ2v) is 6.09. The van der Waals surface area contributed by atoms with Gasteiger partial charge in [-0.3, -0.25) is 0 Å². The van der Waals surface area contributed by atoms with E-state index in [-0.39, 0.29) is 0 Å². The van der Waals surface area contributed by atoms with Gasteiger partial charge in [-0.25, -0.2) is 0 Å². The van der Waals surface area contributed by atoms with Gasteiger partial charge in [0, 0.05) is 25.3 Å². The van der Waals surface area contributed by atoms with Gasteiger partial charge in [-0.05, 0) is 49.0 Å². The Morgan fingerprint density at radius 3 is 2.04 bits per heavy atom. The van der Waals surface area contributed by atoms with E-state index in [4.69, 9.17) is 4.74 Å². The molecule has 0 unspecified atom stereocenters. The zero-order valence-corrected chi connectivity index (χ0v) is 14.6. The molecule has 0 amide bonds. The molecule has 3 heteroatoms. The topological polar surface area (TPSA) is 24.5 Å². The highest BCUT2D eigenvalue weighted by Gasteiger charge is 2.01.